The van der Waals surface area contributed by atoms with Crippen LogP contribution in [0.1, 0.15) is 35.2 Å². The lowest BCUT2D eigenvalue weighted by atomic mass is 9.75. The summed E-state index contributed by atoms with van der Waals surface area (Å²) in [6.45, 7) is 0. The molecule has 1 saturated carbocycles. The molecule has 1 aliphatic rings. The number of carbonyl (C=O) groups excluding carboxylic acids is 1. The van der Waals surface area contributed by atoms with Gasteiger partial charge in [-0.1, -0.05) is 24.3 Å². The number of halogens is 3. The summed E-state index contributed by atoms with van der Waals surface area (Å²) in [5.41, 5.74) is -0.744. The summed E-state index contributed by atoms with van der Waals surface area (Å²) in [6, 6.07) is 5.00. The fourth-order valence-corrected chi connectivity index (χ4v) is 1.90. The minimum atomic E-state index is -4.85. The maximum atomic E-state index is 12.1. The lowest BCUT2D eigenvalue weighted by molar-refractivity contribution is -0.0885. The van der Waals surface area contributed by atoms with Gasteiger partial charge in [-0.25, -0.2) is 0 Å². The van der Waals surface area contributed by atoms with Crippen LogP contribution in [0.25, 0.3) is 0 Å². The number of rotatable bonds is 2. The predicted molar refractivity (Wildman–Crippen MR) is 54.6 cm³/mol. The minimum absolute atomic E-state index is 0.399. The molecule has 92 valence electrons. The molecule has 0 amide bonds. The Morgan fingerprint density at radius 3 is 2.06 bits per heavy atom. The fourth-order valence-electron chi connectivity index (χ4n) is 1.90. The first kappa shape index (κ1) is 12.1. The second-order valence-electron chi connectivity index (χ2n) is 4.29. The van der Waals surface area contributed by atoms with Crippen molar-refractivity contribution in [1.82, 2.24) is 0 Å². The lowest BCUT2D eigenvalue weighted by Crippen LogP contribution is -2.33. The van der Waals surface area contributed by atoms with E-state index in [1.807, 2.05) is 0 Å². The Labute approximate surface area is 96.1 Å². The highest BCUT2D eigenvalue weighted by Gasteiger charge is 2.40. The topological polar surface area (TPSA) is 37.3 Å². The molecule has 0 unspecified atom stereocenters. The van der Waals surface area contributed by atoms with E-state index >= 15 is 0 Å². The summed E-state index contributed by atoms with van der Waals surface area (Å²) < 4.78 is 36.4. The largest absolute Gasteiger partial charge is 0.454 e. The third-order valence-electron chi connectivity index (χ3n) is 3.12. The van der Waals surface area contributed by atoms with Gasteiger partial charge in [0.15, 0.2) is 0 Å². The van der Waals surface area contributed by atoms with Gasteiger partial charge in [0.05, 0.1) is 5.60 Å². The van der Waals surface area contributed by atoms with E-state index in [1.54, 1.807) is 0 Å². The van der Waals surface area contributed by atoms with Crippen molar-refractivity contribution in [3.63, 3.8) is 0 Å². The fraction of sp³-hybridized carbons (Fsp3) is 0.417. The summed E-state index contributed by atoms with van der Waals surface area (Å²) in [4.78, 5) is 10.9. The Kier molecular flexibility index (Phi) is 2.73. The van der Waals surface area contributed by atoms with Crippen LogP contribution in [0.4, 0.5) is 13.2 Å². The molecule has 0 atom stereocenters. The molecule has 1 aliphatic carbocycles. The zero-order chi connectivity index (χ0) is 12.7. The number of Topliss-reactive ketones (excluding diaryl/α,β-unsaturated/α-hetero) is 1. The number of aliphatic hydroxyl groups is 1. The third-order valence-corrected chi connectivity index (χ3v) is 3.12. The molecule has 0 heterocycles. The van der Waals surface area contributed by atoms with E-state index in [1.165, 1.54) is 12.1 Å². The Balaban J connectivity index is 2.22. The zero-order valence-corrected chi connectivity index (χ0v) is 8.92. The van der Waals surface area contributed by atoms with Gasteiger partial charge in [-0.2, -0.15) is 13.2 Å². The highest BCUT2D eigenvalue weighted by Crippen LogP contribution is 2.41. The third kappa shape index (κ3) is 2.20. The van der Waals surface area contributed by atoms with E-state index < -0.39 is 23.1 Å². The lowest BCUT2D eigenvalue weighted by Gasteiger charge is -2.37. The van der Waals surface area contributed by atoms with Gasteiger partial charge in [0.1, 0.15) is 0 Å². The summed E-state index contributed by atoms with van der Waals surface area (Å²) in [6.07, 6.45) is -2.73. The monoisotopic (exact) mass is 244 g/mol. The molecule has 0 spiro atoms. The van der Waals surface area contributed by atoms with Crippen LogP contribution in [0.5, 0.6) is 0 Å². The van der Waals surface area contributed by atoms with Crippen molar-refractivity contribution in [2.75, 3.05) is 0 Å². The number of hydrogen-bond acceptors (Lipinski definition) is 2. The second-order valence-corrected chi connectivity index (χ2v) is 4.29. The summed E-state index contributed by atoms with van der Waals surface area (Å²) in [5, 5.41) is 9.96. The number of ketones is 1. The van der Waals surface area contributed by atoms with Crippen molar-refractivity contribution in [2.24, 2.45) is 0 Å². The van der Waals surface area contributed by atoms with Gasteiger partial charge in [-0.15, -0.1) is 0 Å². The molecule has 17 heavy (non-hydrogen) atoms. The van der Waals surface area contributed by atoms with Crippen LogP contribution in [0.15, 0.2) is 24.3 Å². The van der Waals surface area contributed by atoms with Crippen LogP contribution in [0, 0.1) is 0 Å². The van der Waals surface area contributed by atoms with Crippen molar-refractivity contribution in [3.8, 4) is 0 Å². The molecule has 1 fully saturated rings. The molecule has 1 aromatic carbocycles. The Bertz CT molecular complexity index is 430. The summed E-state index contributed by atoms with van der Waals surface area (Å²) in [5.74, 6) is -1.86. The maximum absolute atomic E-state index is 12.1. The van der Waals surface area contributed by atoms with Gasteiger partial charge < -0.3 is 5.11 Å². The summed E-state index contributed by atoms with van der Waals surface area (Å²) >= 11 is 0. The van der Waals surface area contributed by atoms with Gasteiger partial charge in [0, 0.05) is 5.56 Å². The molecule has 0 aliphatic heterocycles. The number of carbonyl (C=O) groups is 1. The molecule has 0 bridgehead atoms. The number of alkyl halides is 3. The molecule has 5 heteroatoms. The Hall–Kier alpha value is -1.36. The first-order valence-electron chi connectivity index (χ1n) is 5.27. The van der Waals surface area contributed by atoms with Crippen molar-refractivity contribution >= 4 is 5.78 Å². The normalized spacial score (nSPS) is 18.6. The van der Waals surface area contributed by atoms with Crippen molar-refractivity contribution in [2.45, 2.75) is 31.0 Å². The van der Waals surface area contributed by atoms with Crippen LogP contribution >= 0.6 is 0 Å². The van der Waals surface area contributed by atoms with Crippen molar-refractivity contribution in [3.05, 3.63) is 35.4 Å². The molecular weight excluding hydrogens is 233 g/mol. The van der Waals surface area contributed by atoms with Gasteiger partial charge in [-0.05, 0) is 24.8 Å². The van der Waals surface area contributed by atoms with E-state index in [0.29, 0.717) is 18.4 Å². The Morgan fingerprint density at radius 1 is 1.18 bits per heavy atom. The number of benzene rings is 1. The van der Waals surface area contributed by atoms with Gasteiger partial charge >= 0.3 is 6.18 Å². The van der Waals surface area contributed by atoms with Crippen molar-refractivity contribution < 1.29 is 23.1 Å². The highest BCUT2D eigenvalue weighted by molar-refractivity contribution is 6.00. The Morgan fingerprint density at radius 2 is 1.71 bits per heavy atom. The van der Waals surface area contributed by atoms with Crippen LogP contribution in [0.2, 0.25) is 0 Å². The van der Waals surface area contributed by atoms with Gasteiger partial charge in [0.25, 0.3) is 5.78 Å². The molecule has 0 aromatic heterocycles. The summed E-state index contributed by atoms with van der Waals surface area (Å²) in [7, 11) is 0. The van der Waals surface area contributed by atoms with Crippen LogP contribution in [-0.2, 0) is 5.60 Å². The SMILES string of the molecule is O=C(c1ccc(C2(O)CCC2)cc1)C(F)(F)F. The average Bonchev–Trinajstić information content (AvgIpc) is 2.24. The zero-order valence-electron chi connectivity index (χ0n) is 8.92. The molecule has 0 saturated heterocycles. The second kappa shape index (κ2) is 3.84. The van der Waals surface area contributed by atoms with E-state index in [0.717, 1.165) is 18.6 Å². The standard InChI is InChI=1S/C12H11F3O2/c13-12(14,15)10(16)8-2-4-9(5-3-8)11(17)6-1-7-11/h2-5,17H,1,6-7H2. The van der Waals surface area contributed by atoms with E-state index in [2.05, 4.69) is 0 Å². The molecule has 2 nitrogen and oxygen atoms in total. The predicted octanol–water partition coefficient (Wildman–Crippen LogP) is 2.80. The van der Waals surface area contributed by atoms with Crippen LogP contribution in [-0.4, -0.2) is 17.1 Å². The number of hydrogen-bond donors (Lipinski definition) is 1. The smallest absolute Gasteiger partial charge is 0.385 e. The van der Waals surface area contributed by atoms with E-state index in [9.17, 15) is 23.1 Å². The molecule has 1 aromatic rings. The van der Waals surface area contributed by atoms with Gasteiger partial charge in [-0.3, -0.25) is 4.79 Å². The minimum Gasteiger partial charge on any atom is -0.385 e. The first-order chi connectivity index (χ1) is 7.83. The molecule has 0 radical (unpaired) electrons. The molecule has 1 N–H and O–H groups in total. The van der Waals surface area contributed by atoms with Crippen LogP contribution in [0.3, 0.4) is 0 Å². The molecular formula is C12H11F3O2. The van der Waals surface area contributed by atoms with Gasteiger partial charge in [0.2, 0.25) is 0 Å². The highest BCUT2D eigenvalue weighted by atomic mass is 19.4. The van der Waals surface area contributed by atoms with E-state index in [-0.39, 0.29) is 0 Å². The maximum Gasteiger partial charge on any atom is 0.454 e. The first-order valence-corrected chi connectivity index (χ1v) is 5.27. The molecule has 2 rings (SSSR count). The van der Waals surface area contributed by atoms with E-state index in [4.69, 9.17) is 0 Å². The average molecular weight is 244 g/mol. The van der Waals surface area contributed by atoms with Crippen molar-refractivity contribution in [1.29, 1.82) is 0 Å². The quantitative estimate of drug-likeness (QED) is 0.812. The van der Waals surface area contributed by atoms with Crippen LogP contribution < -0.4 is 0 Å².